The molecule has 2 aromatic rings. The Balaban J connectivity index is 1.51. The first-order chi connectivity index (χ1) is 21.3. The smallest absolute Gasteiger partial charge is 0.352 e. The van der Waals surface area contributed by atoms with E-state index in [1.54, 1.807) is 16.7 Å². The molecule has 0 spiro atoms. The number of amides is 1. The van der Waals surface area contributed by atoms with Gasteiger partial charge in [0.15, 0.2) is 16.6 Å². The van der Waals surface area contributed by atoms with Gasteiger partial charge in [0.2, 0.25) is 29.5 Å². The maximum atomic E-state index is 13.4. The molecular weight excluding hydrogens is 626 g/mol. The van der Waals surface area contributed by atoms with E-state index in [1.807, 2.05) is 0 Å². The van der Waals surface area contributed by atoms with Gasteiger partial charge in [0.05, 0.1) is 23.4 Å². The van der Waals surface area contributed by atoms with Gasteiger partial charge in [-0.05, 0) is 38.8 Å². The number of allylic oxidation sites excluding steroid dienone is 2. The lowest BCUT2D eigenvalue weighted by Gasteiger charge is -2.49. The van der Waals surface area contributed by atoms with Gasteiger partial charge in [-0.1, -0.05) is 22.3 Å². The molecule has 1 unspecified atom stereocenters. The van der Waals surface area contributed by atoms with E-state index in [-0.39, 0.29) is 41.0 Å². The number of oxime groups is 1. The first-order valence-electron chi connectivity index (χ1n) is 13.7. The Morgan fingerprint density at radius 1 is 1.27 bits per heavy atom. The highest BCUT2D eigenvalue weighted by molar-refractivity contribution is 8.00. The van der Waals surface area contributed by atoms with E-state index in [4.69, 9.17) is 27.8 Å². The number of thiazole rings is 1. The highest BCUT2D eigenvalue weighted by atomic mass is 32.2. The molecule has 2 atom stereocenters. The molecule has 10 N–H and O–H groups in total. The van der Waals surface area contributed by atoms with Crippen LogP contribution in [0, 0.1) is 5.92 Å². The summed E-state index contributed by atoms with van der Waals surface area (Å²) in [7, 11) is 0. The summed E-state index contributed by atoms with van der Waals surface area (Å²) in [6.07, 6.45) is 5.75. The van der Waals surface area contributed by atoms with Crippen molar-refractivity contribution < 1.29 is 38.8 Å². The van der Waals surface area contributed by atoms with Crippen LogP contribution in [0.3, 0.4) is 0 Å². The van der Waals surface area contributed by atoms with E-state index in [9.17, 15) is 29.4 Å². The summed E-state index contributed by atoms with van der Waals surface area (Å²) >= 11 is 2.36. The molecule has 1 amide bonds. The highest BCUT2D eigenvalue weighted by Crippen LogP contribution is 2.45. The Morgan fingerprint density at radius 2 is 2.00 bits per heavy atom. The fraction of sp³-hybridized carbons (Fsp3) is 0.407. The summed E-state index contributed by atoms with van der Waals surface area (Å²) in [6, 6.07) is 0. The van der Waals surface area contributed by atoms with E-state index in [2.05, 4.69) is 15.1 Å². The molecule has 0 radical (unpaired) electrons. The number of β-lactam (4-membered cyclic amide) rings is 1. The first kappa shape index (κ1) is 33.3. The number of nitrogens with two attached hydrogens (primary N) is 4. The normalized spacial score (nSPS) is 18.6. The fourth-order valence-corrected chi connectivity index (χ4v) is 6.54. The Bertz CT molecular complexity index is 1620. The Kier molecular flexibility index (Phi) is 10.1. The van der Waals surface area contributed by atoms with Crippen LogP contribution in [0.4, 0.5) is 16.8 Å². The van der Waals surface area contributed by atoms with Gasteiger partial charge in [0, 0.05) is 17.6 Å². The van der Waals surface area contributed by atoms with Crippen LogP contribution >= 0.6 is 23.1 Å². The van der Waals surface area contributed by atoms with Crippen molar-refractivity contribution in [1.82, 2.24) is 14.9 Å². The van der Waals surface area contributed by atoms with E-state index < -0.39 is 40.5 Å². The molecule has 18 heteroatoms. The molecule has 2 aliphatic rings. The molecule has 45 heavy (non-hydrogen) atoms. The van der Waals surface area contributed by atoms with Crippen LogP contribution in [-0.2, 0) is 37.0 Å². The van der Waals surface area contributed by atoms with E-state index in [1.165, 1.54) is 42.2 Å². The second-order valence-corrected chi connectivity index (χ2v) is 12.7. The van der Waals surface area contributed by atoms with E-state index in [0.717, 1.165) is 11.3 Å². The van der Waals surface area contributed by atoms with Crippen LogP contribution in [-0.4, -0.2) is 77.7 Å². The molecular formula is C27H34N9O7S2+. The minimum atomic E-state index is -1.75. The Labute approximate surface area is 265 Å². The molecule has 1 fully saturated rings. The quantitative estimate of drug-likeness (QED) is 0.0681. The lowest BCUT2D eigenvalue weighted by Crippen LogP contribution is -2.62. The van der Waals surface area contributed by atoms with Crippen LogP contribution in [0.15, 0.2) is 40.3 Å². The number of carboxylic acid groups (broad SMARTS) is 2. The van der Waals surface area contributed by atoms with E-state index in [0.29, 0.717) is 42.2 Å². The predicted molar refractivity (Wildman–Crippen MR) is 167 cm³/mol. The van der Waals surface area contributed by atoms with Crippen molar-refractivity contribution >= 4 is 69.2 Å². The van der Waals surface area contributed by atoms with E-state index >= 15 is 0 Å². The molecule has 4 heterocycles. The number of aliphatic carboxylic acids is 2. The molecule has 1 saturated heterocycles. The Morgan fingerprint density at radius 3 is 2.62 bits per heavy atom. The summed E-state index contributed by atoms with van der Waals surface area (Å²) in [6.45, 7) is 3.26. The van der Waals surface area contributed by atoms with Gasteiger partial charge < -0.3 is 38.0 Å². The zero-order chi connectivity index (χ0) is 33.1. The van der Waals surface area contributed by atoms with Crippen LogP contribution in [0.1, 0.15) is 37.9 Å². The number of nitrogen functional groups attached to an aromatic ring is 3. The number of anilines is 3. The zero-order valence-electron chi connectivity index (χ0n) is 24.5. The minimum Gasteiger partial charge on any atom is -0.478 e. The topological polar surface area (TPSA) is 267 Å². The summed E-state index contributed by atoms with van der Waals surface area (Å²) in [4.78, 5) is 64.9. The third kappa shape index (κ3) is 7.07. The number of Topliss-reactive ketones (excluding diaryl/α,β-unsaturated/α-hetero) is 1. The van der Waals surface area contributed by atoms with Gasteiger partial charge in [-0.3, -0.25) is 14.5 Å². The van der Waals surface area contributed by atoms with Crippen LogP contribution in [0.2, 0.25) is 0 Å². The SMILES string of the molecule is CC(C)(O/N=C(\C(=O)C[C@@H]1C(=O)N2C(C(=O)O)=C(/C=C/C[n+]3cnc(N)c(CCCN)c3N)CSC12)c1csc(N)n1)C(=O)O. The average molecular weight is 661 g/mol. The van der Waals surface area contributed by atoms with Crippen molar-refractivity contribution in [1.29, 1.82) is 0 Å². The maximum Gasteiger partial charge on any atom is 0.352 e. The number of ketones is 1. The summed E-state index contributed by atoms with van der Waals surface area (Å²) in [5.74, 6) is -3.61. The maximum absolute atomic E-state index is 13.4. The lowest BCUT2D eigenvalue weighted by molar-refractivity contribution is -0.675. The molecule has 0 bridgehead atoms. The number of nitrogens with zero attached hydrogens (tertiary/aromatic N) is 5. The molecule has 0 aromatic carbocycles. The molecule has 0 saturated carbocycles. The van der Waals surface area contributed by atoms with Crippen LogP contribution in [0.5, 0.6) is 0 Å². The molecule has 2 aliphatic heterocycles. The third-order valence-electron chi connectivity index (χ3n) is 7.14. The van der Waals surface area contributed by atoms with Crippen molar-refractivity contribution in [3.63, 3.8) is 0 Å². The van der Waals surface area contributed by atoms with Crippen LogP contribution < -0.4 is 27.5 Å². The minimum absolute atomic E-state index is 0.0727. The third-order valence-corrected chi connectivity index (χ3v) is 9.17. The highest BCUT2D eigenvalue weighted by Gasteiger charge is 2.54. The standard InChI is InChI=1S/C27H33N9O7S2/c1-27(2,25(41)42)43-34-18(16-11-45-26(31)33-16)17(37)9-15-22(38)36-19(24(39)40)13(10-44-23(15)36)5-4-8-35-12-32-20(29)14(21(35)30)6-3-7-28/h4-5,11-12,15,23H,3,6-10,28H2,1-2H3,(H7,29,30,31,33,39,40,41,42)/p+1/b5-4+,34-18-/t15-,23?/m1/s1. The predicted octanol–water partition coefficient (Wildman–Crippen LogP) is 0.133. The number of aromatic nitrogens is 3. The molecule has 4 rings (SSSR count). The van der Waals surface area contributed by atoms with Crippen molar-refractivity contribution in [2.24, 2.45) is 16.8 Å². The second kappa shape index (κ2) is 13.6. The number of fused-ring (bicyclic) bond motifs is 1. The van der Waals surface area contributed by atoms with Gasteiger partial charge in [-0.15, -0.1) is 23.1 Å². The van der Waals surface area contributed by atoms with Gasteiger partial charge in [-0.25, -0.2) is 19.1 Å². The number of hydrogen-bond donors (Lipinski definition) is 6. The molecule has 0 aliphatic carbocycles. The molecule has 2 aromatic heterocycles. The number of carbonyl (C=O) groups is 4. The van der Waals surface area contributed by atoms with Gasteiger partial charge in [-0.2, -0.15) is 0 Å². The number of carbonyl (C=O) groups excluding carboxylic acids is 2. The first-order valence-corrected chi connectivity index (χ1v) is 15.6. The van der Waals surface area contributed by atoms with Crippen LogP contribution in [0.25, 0.3) is 0 Å². The Hall–Kier alpha value is -4.55. The summed E-state index contributed by atoms with van der Waals surface area (Å²) in [5.41, 5.74) is 22.5. The fourth-order valence-electron chi connectivity index (χ4n) is 4.60. The second-order valence-electron chi connectivity index (χ2n) is 10.7. The van der Waals surface area contributed by atoms with Crippen molar-refractivity contribution in [2.45, 2.75) is 50.6 Å². The number of hydrogen-bond acceptors (Lipinski definition) is 14. The van der Waals surface area contributed by atoms with Gasteiger partial charge in [0.25, 0.3) is 0 Å². The zero-order valence-corrected chi connectivity index (χ0v) is 26.1. The number of thioether (sulfide) groups is 1. The number of carboxylic acids is 2. The van der Waals surface area contributed by atoms with Crippen molar-refractivity contribution in [3.05, 3.63) is 46.4 Å². The van der Waals surface area contributed by atoms with Gasteiger partial charge in [0.1, 0.15) is 11.4 Å². The molecule has 240 valence electrons. The molecule has 16 nitrogen and oxygen atoms in total. The monoisotopic (exact) mass is 660 g/mol. The average Bonchev–Trinajstić information content (AvgIpc) is 3.41. The largest absolute Gasteiger partial charge is 0.478 e. The number of rotatable bonds is 14. The van der Waals surface area contributed by atoms with Crippen molar-refractivity contribution in [2.75, 3.05) is 29.5 Å². The van der Waals surface area contributed by atoms with Crippen molar-refractivity contribution in [3.8, 4) is 0 Å². The summed E-state index contributed by atoms with van der Waals surface area (Å²) in [5, 5.41) is 24.2. The summed E-state index contributed by atoms with van der Waals surface area (Å²) < 4.78 is 1.67. The van der Waals surface area contributed by atoms with Gasteiger partial charge >= 0.3 is 11.9 Å². The lowest BCUT2D eigenvalue weighted by atomic mass is 9.89.